The van der Waals surface area contributed by atoms with Gasteiger partial charge in [0, 0.05) is 13.1 Å². The molecule has 0 bridgehead atoms. The normalized spacial score (nSPS) is 20.3. The summed E-state index contributed by atoms with van der Waals surface area (Å²) in [6.45, 7) is 2.80. The molecule has 0 spiro atoms. The van der Waals surface area contributed by atoms with Crippen LogP contribution in [0.1, 0.15) is 50.5 Å². The molecule has 1 saturated heterocycles. The lowest BCUT2D eigenvalue weighted by atomic mass is 9.77. The van der Waals surface area contributed by atoms with E-state index in [2.05, 4.69) is 10.2 Å². The monoisotopic (exact) mass is 368 g/mol. The summed E-state index contributed by atoms with van der Waals surface area (Å²) in [5.74, 6) is 0.773. The van der Waals surface area contributed by atoms with Crippen LogP contribution in [0, 0.1) is 11.7 Å². The van der Waals surface area contributed by atoms with Gasteiger partial charge in [-0.3, -0.25) is 4.79 Å². The summed E-state index contributed by atoms with van der Waals surface area (Å²) in [6.07, 6.45) is 7.37. The predicted octanol–water partition coefficient (Wildman–Crippen LogP) is 3.91. The molecule has 3 rings (SSSR count). The maximum Gasteiger partial charge on any atom is 0.233 e. The third-order valence-corrected chi connectivity index (χ3v) is 5.97. The number of nitrogens with zero attached hydrogens (tertiary/aromatic N) is 1. The third-order valence-electron chi connectivity index (χ3n) is 5.97. The second kappa shape index (κ2) is 9.00. The standard InChI is InChI=1S/C20H29FN2O.ClH/c1-22-13-8-16-9-14-23(15-10-16)19(24)20(11-2-3-12-20)17-4-6-18(21)7-5-17;/h4-7,16,22H,2-3,8-15H2,1H3;1H. The topological polar surface area (TPSA) is 32.3 Å². The van der Waals surface area contributed by atoms with E-state index in [1.807, 2.05) is 19.2 Å². The Bertz CT molecular complexity index is 549. The zero-order chi connectivity index (χ0) is 17.0. The van der Waals surface area contributed by atoms with Gasteiger partial charge in [-0.25, -0.2) is 4.39 Å². The number of benzene rings is 1. The first-order chi connectivity index (χ1) is 11.7. The molecule has 0 aromatic heterocycles. The minimum atomic E-state index is -0.411. The van der Waals surface area contributed by atoms with Crippen LogP contribution in [0.3, 0.4) is 0 Å². The largest absolute Gasteiger partial charge is 0.342 e. The minimum absolute atomic E-state index is 0. The fraction of sp³-hybridized carbons (Fsp3) is 0.650. The van der Waals surface area contributed by atoms with Crippen LogP contribution in [0.15, 0.2) is 24.3 Å². The molecule has 1 aliphatic carbocycles. The number of hydrogen-bond donors (Lipinski definition) is 1. The van der Waals surface area contributed by atoms with Crippen LogP contribution in [-0.2, 0) is 10.2 Å². The molecule has 1 aliphatic heterocycles. The molecule has 140 valence electrons. The fourth-order valence-corrected chi connectivity index (χ4v) is 4.45. The Morgan fingerprint density at radius 2 is 1.80 bits per heavy atom. The van der Waals surface area contributed by atoms with Crippen LogP contribution < -0.4 is 5.32 Å². The predicted molar refractivity (Wildman–Crippen MR) is 102 cm³/mol. The lowest BCUT2D eigenvalue weighted by Gasteiger charge is -2.39. The van der Waals surface area contributed by atoms with Crippen molar-refractivity contribution >= 4 is 18.3 Å². The molecule has 1 heterocycles. The number of halogens is 2. The van der Waals surface area contributed by atoms with Crippen LogP contribution in [0.4, 0.5) is 4.39 Å². The number of carbonyl (C=O) groups is 1. The second-order valence-electron chi connectivity index (χ2n) is 7.42. The average molecular weight is 369 g/mol. The molecular formula is C20H30ClFN2O. The zero-order valence-corrected chi connectivity index (χ0v) is 15.9. The van der Waals surface area contributed by atoms with E-state index in [1.165, 1.54) is 18.6 Å². The van der Waals surface area contributed by atoms with Crippen LogP contribution in [0.2, 0.25) is 0 Å². The number of piperidine rings is 1. The molecule has 2 fully saturated rings. The van der Waals surface area contributed by atoms with Crippen molar-refractivity contribution in [3.63, 3.8) is 0 Å². The summed E-state index contributed by atoms with van der Waals surface area (Å²) in [4.78, 5) is 15.4. The first kappa shape index (κ1) is 20.2. The zero-order valence-electron chi connectivity index (χ0n) is 15.1. The van der Waals surface area contributed by atoms with Gasteiger partial charge >= 0.3 is 0 Å². The van der Waals surface area contributed by atoms with E-state index in [9.17, 15) is 9.18 Å². The molecule has 2 aliphatic rings. The molecule has 3 nitrogen and oxygen atoms in total. The first-order valence-corrected chi connectivity index (χ1v) is 9.36. The number of hydrogen-bond acceptors (Lipinski definition) is 2. The van der Waals surface area contributed by atoms with Crippen molar-refractivity contribution in [1.82, 2.24) is 10.2 Å². The highest BCUT2D eigenvalue weighted by Crippen LogP contribution is 2.43. The molecule has 5 heteroatoms. The highest BCUT2D eigenvalue weighted by Gasteiger charge is 2.45. The van der Waals surface area contributed by atoms with E-state index >= 15 is 0 Å². The number of rotatable bonds is 5. The van der Waals surface area contributed by atoms with E-state index in [4.69, 9.17) is 0 Å². The molecule has 1 N–H and O–H groups in total. The Morgan fingerprint density at radius 3 is 2.36 bits per heavy atom. The van der Waals surface area contributed by atoms with Gasteiger partial charge in [0.1, 0.15) is 5.82 Å². The fourth-order valence-electron chi connectivity index (χ4n) is 4.45. The third kappa shape index (κ3) is 4.35. The Hall–Kier alpha value is -1.13. The molecular weight excluding hydrogens is 339 g/mol. The molecule has 1 amide bonds. The van der Waals surface area contributed by atoms with Gasteiger partial charge in [-0.2, -0.15) is 0 Å². The number of amides is 1. The molecule has 1 saturated carbocycles. The minimum Gasteiger partial charge on any atom is -0.342 e. The van der Waals surface area contributed by atoms with Gasteiger partial charge in [0.2, 0.25) is 5.91 Å². The van der Waals surface area contributed by atoms with Crippen molar-refractivity contribution in [2.45, 2.75) is 50.4 Å². The molecule has 0 radical (unpaired) electrons. The van der Waals surface area contributed by atoms with E-state index in [0.717, 1.165) is 69.6 Å². The smallest absolute Gasteiger partial charge is 0.233 e. The van der Waals surface area contributed by atoms with Crippen molar-refractivity contribution in [3.8, 4) is 0 Å². The van der Waals surface area contributed by atoms with Crippen molar-refractivity contribution in [2.75, 3.05) is 26.7 Å². The average Bonchev–Trinajstić information content (AvgIpc) is 3.11. The lowest BCUT2D eigenvalue weighted by Crippen LogP contribution is -2.48. The van der Waals surface area contributed by atoms with Gasteiger partial charge in [-0.15, -0.1) is 12.4 Å². The highest BCUT2D eigenvalue weighted by atomic mass is 35.5. The summed E-state index contributed by atoms with van der Waals surface area (Å²) in [6, 6.07) is 6.62. The molecule has 0 atom stereocenters. The Balaban J connectivity index is 0.00000225. The van der Waals surface area contributed by atoms with Crippen molar-refractivity contribution in [2.24, 2.45) is 5.92 Å². The van der Waals surface area contributed by atoms with E-state index in [0.29, 0.717) is 0 Å². The van der Waals surface area contributed by atoms with Crippen molar-refractivity contribution < 1.29 is 9.18 Å². The summed E-state index contributed by atoms with van der Waals surface area (Å²) < 4.78 is 13.3. The van der Waals surface area contributed by atoms with Crippen LogP contribution >= 0.6 is 12.4 Å². The number of likely N-dealkylation sites (tertiary alicyclic amines) is 1. The van der Waals surface area contributed by atoms with Gasteiger partial charge in [0.25, 0.3) is 0 Å². The second-order valence-corrected chi connectivity index (χ2v) is 7.42. The SMILES string of the molecule is CNCCC1CCN(C(=O)C2(c3ccc(F)cc3)CCCC2)CC1.Cl. The highest BCUT2D eigenvalue weighted by molar-refractivity contribution is 5.88. The maximum absolute atomic E-state index is 13.3. The molecule has 25 heavy (non-hydrogen) atoms. The Labute approximate surface area is 156 Å². The summed E-state index contributed by atoms with van der Waals surface area (Å²) in [5, 5.41) is 3.21. The Morgan fingerprint density at radius 1 is 1.20 bits per heavy atom. The molecule has 1 aromatic carbocycles. The van der Waals surface area contributed by atoms with Gasteiger partial charge in [0.15, 0.2) is 0 Å². The van der Waals surface area contributed by atoms with Gasteiger partial charge in [-0.1, -0.05) is 25.0 Å². The first-order valence-electron chi connectivity index (χ1n) is 9.36. The van der Waals surface area contributed by atoms with Gasteiger partial charge in [0.05, 0.1) is 5.41 Å². The maximum atomic E-state index is 13.3. The van der Waals surface area contributed by atoms with Crippen LogP contribution in [0.5, 0.6) is 0 Å². The van der Waals surface area contributed by atoms with Gasteiger partial charge in [-0.05, 0) is 69.3 Å². The summed E-state index contributed by atoms with van der Waals surface area (Å²) in [5.41, 5.74) is 0.592. The number of carbonyl (C=O) groups excluding carboxylic acids is 1. The van der Waals surface area contributed by atoms with Crippen LogP contribution in [0.25, 0.3) is 0 Å². The van der Waals surface area contributed by atoms with E-state index < -0.39 is 5.41 Å². The molecule has 1 aromatic rings. The summed E-state index contributed by atoms with van der Waals surface area (Å²) in [7, 11) is 1.99. The van der Waals surface area contributed by atoms with E-state index in [1.54, 1.807) is 0 Å². The van der Waals surface area contributed by atoms with Gasteiger partial charge < -0.3 is 10.2 Å². The number of nitrogens with one attached hydrogen (secondary N) is 1. The van der Waals surface area contributed by atoms with Crippen molar-refractivity contribution in [1.29, 1.82) is 0 Å². The Kier molecular flexibility index (Phi) is 7.26. The molecule has 0 unspecified atom stereocenters. The quantitative estimate of drug-likeness (QED) is 0.854. The van der Waals surface area contributed by atoms with E-state index in [-0.39, 0.29) is 24.1 Å². The van der Waals surface area contributed by atoms with Crippen molar-refractivity contribution in [3.05, 3.63) is 35.6 Å². The summed E-state index contributed by atoms with van der Waals surface area (Å²) >= 11 is 0. The van der Waals surface area contributed by atoms with Crippen LogP contribution in [-0.4, -0.2) is 37.5 Å². The lowest BCUT2D eigenvalue weighted by molar-refractivity contribution is -0.138.